The normalized spacial score (nSPS) is 18.7. The molecule has 34 heavy (non-hydrogen) atoms. The first-order valence-electron chi connectivity index (χ1n) is 11.0. The molecule has 1 aliphatic carbocycles. The van der Waals surface area contributed by atoms with Gasteiger partial charge in [0.05, 0.1) is 5.54 Å². The van der Waals surface area contributed by atoms with Crippen LogP contribution in [-0.2, 0) is 9.53 Å². The molecule has 0 spiro atoms. The molecule has 3 unspecified atom stereocenters. The predicted molar refractivity (Wildman–Crippen MR) is 127 cm³/mol. The number of carbonyl (C=O) groups is 3. The number of aliphatic carboxylic acids is 1. The molecule has 2 rings (SSSR count). The molecule has 3 atom stereocenters. The van der Waals surface area contributed by atoms with Crippen LogP contribution in [0.2, 0.25) is 0 Å². The smallest absolute Gasteiger partial charge is 0.408 e. The van der Waals surface area contributed by atoms with E-state index in [-0.39, 0.29) is 24.0 Å². The Labute approximate surface area is 200 Å². The van der Waals surface area contributed by atoms with E-state index >= 15 is 0 Å². The first-order chi connectivity index (χ1) is 15.7. The Balaban J connectivity index is 2.10. The van der Waals surface area contributed by atoms with E-state index in [9.17, 15) is 19.5 Å². The number of amides is 2. The number of benzene rings is 1. The van der Waals surface area contributed by atoms with E-state index < -0.39 is 34.6 Å². The fraction of sp³-hybridized carbons (Fsp3) is 0.500. The molecule has 4 N–H and O–H groups in total. The second-order valence-corrected chi connectivity index (χ2v) is 10.0. The summed E-state index contributed by atoms with van der Waals surface area (Å²) in [5.41, 5.74) is -3.12. The van der Waals surface area contributed by atoms with Crippen LogP contribution in [-0.4, -0.2) is 51.5 Å². The minimum atomic E-state index is -1.84. The van der Waals surface area contributed by atoms with Crippen molar-refractivity contribution in [2.45, 2.75) is 64.6 Å². The van der Waals surface area contributed by atoms with Crippen molar-refractivity contribution in [2.75, 3.05) is 6.61 Å². The molecule has 2 amide bonds. The van der Waals surface area contributed by atoms with E-state index in [1.54, 1.807) is 32.9 Å². The lowest BCUT2D eigenvalue weighted by molar-refractivity contribution is -0.146. The summed E-state index contributed by atoms with van der Waals surface area (Å²) in [7, 11) is 0. The van der Waals surface area contributed by atoms with Gasteiger partial charge in [-0.25, -0.2) is 9.59 Å². The Hall–Kier alpha value is -3.49. The van der Waals surface area contributed by atoms with Crippen LogP contribution in [0.4, 0.5) is 4.79 Å². The summed E-state index contributed by atoms with van der Waals surface area (Å²) in [4.78, 5) is 37.2. The fourth-order valence-corrected chi connectivity index (χ4v) is 3.02. The number of ether oxygens (including phenoxy) is 1. The van der Waals surface area contributed by atoms with Gasteiger partial charge in [0.15, 0.2) is 5.54 Å². The largest absolute Gasteiger partial charge is 0.479 e. The Morgan fingerprint density at radius 3 is 2.15 bits per heavy atom. The highest BCUT2D eigenvalue weighted by atomic mass is 16.6. The molecule has 0 aromatic heterocycles. The van der Waals surface area contributed by atoms with Crippen molar-refractivity contribution in [1.82, 2.24) is 10.6 Å². The highest BCUT2D eigenvalue weighted by Crippen LogP contribution is 2.36. The van der Waals surface area contributed by atoms with Crippen molar-refractivity contribution in [2.24, 2.45) is 11.8 Å². The molecule has 1 fully saturated rings. The summed E-state index contributed by atoms with van der Waals surface area (Å²) in [6, 6.07) is 6.34. The summed E-state index contributed by atoms with van der Waals surface area (Å²) >= 11 is 0. The molecular weight excluding hydrogens is 436 g/mol. The van der Waals surface area contributed by atoms with Crippen LogP contribution in [0.1, 0.15) is 63.9 Å². The zero-order chi connectivity index (χ0) is 25.7. The Kier molecular flexibility index (Phi) is 8.02. The maximum Gasteiger partial charge on any atom is 0.408 e. The fourth-order valence-electron chi connectivity index (χ4n) is 3.02. The van der Waals surface area contributed by atoms with E-state index in [0.717, 1.165) is 6.42 Å². The van der Waals surface area contributed by atoms with Gasteiger partial charge in [-0.1, -0.05) is 11.8 Å². The molecule has 182 valence electrons. The molecule has 0 heterocycles. The van der Waals surface area contributed by atoms with Crippen LogP contribution in [0.5, 0.6) is 0 Å². The van der Waals surface area contributed by atoms with Crippen LogP contribution < -0.4 is 10.6 Å². The molecule has 0 aliphatic heterocycles. The maximum atomic E-state index is 12.8. The topological polar surface area (TPSA) is 125 Å². The second-order valence-electron chi connectivity index (χ2n) is 10.0. The maximum absolute atomic E-state index is 12.8. The van der Waals surface area contributed by atoms with Crippen molar-refractivity contribution >= 4 is 18.0 Å². The van der Waals surface area contributed by atoms with E-state index in [4.69, 9.17) is 9.84 Å². The Bertz CT molecular complexity index is 1060. The van der Waals surface area contributed by atoms with Crippen LogP contribution >= 0.6 is 0 Å². The van der Waals surface area contributed by atoms with Gasteiger partial charge in [-0.05, 0) is 90.0 Å². The number of aliphatic hydroxyl groups is 1. The quantitative estimate of drug-likeness (QED) is 0.476. The second kappa shape index (κ2) is 10.2. The molecule has 1 aromatic carbocycles. The minimum Gasteiger partial charge on any atom is -0.479 e. The molecule has 1 saturated carbocycles. The van der Waals surface area contributed by atoms with E-state index in [2.05, 4.69) is 34.3 Å². The first kappa shape index (κ1) is 26.8. The molecule has 8 nitrogen and oxygen atoms in total. The summed E-state index contributed by atoms with van der Waals surface area (Å²) in [6.45, 7) is 9.54. The zero-order valence-corrected chi connectivity index (χ0v) is 20.4. The molecule has 0 radical (unpaired) electrons. The lowest BCUT2D eigenvalue weighted by Crippen LogP contribution is -2.70. The third-order valence-electron chi connectivity index (χ3n) is 5.69. The van der Waals surface area contributed by atoms with Crippen LogP contribution in [0.25, 0.3) is 0 Å². The molecule has 1 aromatic rings. The van der Waals surface area contributed by atoms with Gasteiger partial charge in [-0.3, -0.25) is 4.79 Å². The Morgan fingerprint density at radius 2 is 1.65 bits per heavy atom. The third-order valence-corrected chi connectivity index (χ3v) is 5.69. The van der Waals surface area contributed by atoms with Crippen molar-refractivity contribution in [1.29, 1.82) is 0 Å². The van der Waals surface area contributed by atoms with Crippen LogP contribution in [0.3, 0.4) is 0 Å². The number of rotatable bonds is 6. The zero-order valence-electron chi connectivity index (χ0n) is 20.4. The highest BCUT2D eigenvalue weighted by molar-refractivity contribution is 5.98. The van der Waals surface area contributed by atoms with Gasteiger partial charge in [0.2, 0.25) is 0 Å². The van der Waals surface area contributed by atoms with Gasteiger partial charge in [0, 0.05) is 23.7 Å². The van der Waals surface area contributed by atoms with Crippen LogP contribution in [0, 0.1) is 35.5 Å². The predicted octanol–water partition coefficient (Wildman–Crippen LogP) is 2.55. The number of carbonyl (C=O) groups excluding carboxylic acids is 2. The molecule has 0 saturated heterocycles. The minimum absolute atomic E-state index is 0.144. The number of aliphatic hydroxyl groups excluding tert-OH is 1. The van der Waals surface area contributed by atoms with E-state index in [1.807, 2.05) is 0 Å². The number of carboxylic acids is 1. The number of hydrogen-bond donors (Lipinski definition) is 4. The highest BCUT2D eigenvalue weighted by Gasteiger charge is 2.50. The summed E-state index contributed by atoms with van der Waals surface area (Å²) in [5.74, 6) is 9.93. The number of hydrogen-bond acceptors (Lipinski definition) is 5. The lowest BCUT2D eigenvalue weighted by Gasteiger charge is -2.41. The van der Waals surface area contributed by atoms with Gasteiger partial charge in [-0.2, -0.15) is 0 Å². The Morgan fingerprint density at radius 1 is 1.03 bits per heavy atom. The van der Waals surface area contributed by atoms with E-state index in [0.29, 0.717) is 5.56 Å². The van der Waals surface area contributed by atoms with Crippen molar-refractivity contribution < 1.29 is 29.3 Å². The number of alkyl carbamates (subject to hydrolysis) is 1. The molecule has 0 bridgehead atoms. The SMILES string of the molecule is CC(C)(C)OC(=O)NC(C)(C)C(C)(NC(=O)c1ccc(C#CC#CC2CC2CO)cc1)C(=O)O. The molecule has 1 aliphatic rings. The van der Waals surface area contributed by atoms with Gasteiger partial charge in [0.1, 0.15) is 5.60 Å². The van der Waals surface area contributed by atoms with Gasteiger partial charge < -0.3 is 25.6 Å². The van der Waals surface area contributed by atoms with Crippen molar-refractivity contribution in [3.8, 4) is 23.7 Å². The molecular formula is C26H32N2O6. The monoisotopic (exact) mass is 468 g/mol. The molecule has 8 heteroatoms. The summed E-state index contributed by atoms with van der Waals surface area (Å²) < 4.78 is 5.23. The number of nitrogens with one attached hydrogen (secondary N) is 2. The average molecular weight is 469 g/mol. The van der Waals surface area contributed by atoms with Crippen molar-refractivity contribution in [3.63, 3.8) is 0 Å². The van der Waals surface area contributed by atoms with Gasteiger partial charge in [0.25, 0.3) is 5.91 Å². The van der Waals surface area contributed by atoms with Gasteiger partial charge >= 0.3 is 12.1 Å². The van der Waals surface area contributed by atoms with E-state index in [1.165, 1.54) is 32.9 Å². The van der Waals surface area contributed by atoms with Crippen molar-refractivity contribution in [3.05, 3.63) is 35.4 Å². The van der Waals surface area contributed by atoms with Crippen LogP contribution in [0.15, 0.2) is 24.3 Å². The number of carboxylic acid groups (broad SMARTS) is 1. The van der Waals surface area contributed by atoms with Gasteiger partial charge in [-0.15, -0.1) is 0 Å². The summed E-state index contributed by atoms with van der Waals surface area (Å²) in [5, 5.41) is 24.0. The summed E-state index contributed by atoms with van der Waals surface area (Å²) in [6.07, 6.45) is 0.104. The lowest BCUT2D eigenvalue weighted by atomic mass is 9.80. The third kappa shape index (κ3) is 7.00. The first-order valence-corrected chi connectivity index (χ1v) is 11.0. The average Bonchev–Trinajstić information content (AvgIpc) is 3.48. The standard InChI is InChI=1S/C26H32N2O6/c1-24(2,3)34-23(33)28-25(4,5)26(6,22(31)32)27-21(30)18-13-11-17(12-14-18)9-7-8-10-19-15-20(19)16-29/h11-14,19-20,29H,15-16H2,1-6H3,(H,27,30)(H,28,33)(H,31,32).